The minimum absolute atomic E-state index is 0.129. The van der Waals surface area contributed by atoms with Gasteiger partial charge in [-0.3, -0.25) is 0 Å². The van der Waals surface area contributed by atoms with E-state index in [1.165, 1.54) is 73.7 Å². The summed E-state index contributed by atoms with van der Waals surface area (Å²) in [5.41, 5.74) is 10.6. The lowest BCUT2D eigenvalue weighted by Crippen LogP contribution is -2.15. The SMILES string of the molecule is CC1(C)c2ccccc2-c2ccc(-c3nc(-c4ccc5c(c4)sc4cc(-c6ccccc6)ccc45)nc(-c4cccc5c4sc4ccccc45)n3)cc21. The third kappa shape index (κ3) is 4.74. The molecule has 0 N–H and O–H groups in total. The Labute approximate surface area is 314 Å². The standard InChI is InChI=1S/C48H31N3S2/c1-48(2)39-17-8-6-13-32(39)33-22-20-30(25-40(33)48)45-49-46(51-47(50-45)38-16-10-15-37-34-14-7-9-18-41(34)53-44(37)38)31-21-24-36-35-23-19-29(28-11-4-3-5-12-28)26-42(35)52-43(36)27-31/h3-27H,1-2H3. The van der Waals surface area contributed by atoms with Crippen LogP contribution in [0.25, 0.3) is 96.8 Å². The molecule has 3 heterocycles. The molecule has 53 heavy (non-hydrogen) atoms. The van der Waals surface area contributed by atoms with E-state index >= 15 is 0 Å². The number of benzene rings is 7. The molecule has 1 aliphatic carbocycles. The minimum atomic E-state index is -0.129. The van der Waals surface area contributed by atoms with E-state index in [9.17, 15) is 0 Å². The van der Waals surface area contributed by atoms with Gasteiger partial charge in [0, 0.05) is 62.4 Å². The first kappa shape index (κ1) is 30.6. The van der Waals surface area contributed by atoms with Crippen LogP contribution in [0.5, 0.6) is 0 Å². The van der Waals surface area contributed by atoms with Crippen LogP contribution in [-0.4, -0.2) is 15.0 Å². The van der Waals surface area contributed by atoms with Gasteiger partial charge in [-0.2, -0.15) is 0 Å². The van der Waals surface area contributed by atoms with Gasteiger partial charge in [-0.15, -0.1) is 22.7 Å². The summed E-state index contributed by atoms with van der Waals surface area (Å²) in [7, 11) is 0. The predicted molar refractivity (Wildman–Crippen MR) is 225 cm³/mol. The molecule has 0 bridgehead atoms. The van der Waals surface area contributed by atoms with Crippen LogP contribution in [0.4, 0.5) is 0 Å². The average Bonchev–Trinajstić information content (AvgIpc) is 3.85. The molecule has 0 aliphatic heterocycles. The third-order valence-corrected chi connectivity index (χ3v) is 13.3. The quantitative estimate of drug-likeness (QED) is 0.182. The summed E-state index contributed by atoms with van der Waals surface area (Å²) in [6, 6.07) is 54.7. The second-order valence-corrected chi connectivity index (χ2v) is 16.5. The summed E-state index contributed by atoms with van der Waals surface area (Å²) in [6.45, 7) is 4.63. The predicted octanol–water partition coefficient (Wildman–Crippen LogP) is 13.6. The molecule has 0 saturated heterocycles. The molecule has 250 valence electrons. The Hall–Kier alpha value is -6.01. The molecule has 1 aliphatic rings. The Morgan fingerprint density at radius 2 is 0.962 bits per heavy atom. The molecule has 11 rings (SSSR count). The maximum absolute atomic E-state index is 5.26. The Morgan fingerprint density at radius 3 is 1.79 bits per heavy atom. The molecular formula is C48H31N3S2. The van der Waals surface area contributed by atoms with Crippen molar-refractivity contribution in [1.29, 1.82) is 0 Å². The summed E-state index contributed by atoms with van der Waals surface area (Å²) in [6.07, 6.45) is 0. The van der Waals surface area contributed by atoms with Crippen molar-refractivity contribution in [3.63, 3.8) is 0 Å². The first-order valence-electron chi connectivity index (χ1n) is 17.9. The monoisotopic (exact) mass is 713 g/mol. The van der Waals surface area contributed by atoms with Gasteiger partial charge in [-0.1, -0.05) is 135 Å². The second-order valence-electron chi connectivity index (χ2n) is 14.4. The van der Waals surface area contributed by atoms with Crippen molar-refractivity contribution >= 4 is 63.0 Å². The van der Waals surface area contributed by atoms with Crippen molar-refractivity contribution in [2.24, 2.45) is 0 Å². The molecule has 0 saturated carbocycles. The summed E-state index contributed by atoms with van der Waals surface area (Å²) in [5.74, 6) is 2.05. The Kier molecular flexibility index (Phi) is 6.64. The molecule has 10 aromatic rings. The van der Waals surface area contributed by atoms with E-state index in [1.54, 1.807) is 11.3 Å². The van der Waals surface area contributed by atoms with Crippen molar-refractivity contribution in [3.8, 4) is 56.4 Å². The number of hydrogen-bond donors (Lipinski definition) is 0. The molecule has 0 unspecified atom stereocenters. The van der Waals surface area contributed by atoms with E-state index in [4.69, 9.17) is 15.0 Å². The molecule has 0 atom stereocenters. The fourth-order valence-electron chi connectivity index (χ4n) is 8.25. The summed E-state index contributed by atoms with van der Waals surface area (Å²) in [4.78, 5) is 15.8. The van der Waals surface area contributed by atoms with Gasteiger partial charge in [0.15, 0.2) is 17.5 Å². The van der Waals surface area contributed by atoms with Crippen molar-refractivity contribution < 1.29 is 0 Å². The number of nitrogens with zero attached hydrogens (tertiary/aromatic N) is 3. The molecule has 0 fully saturated rings. The van der Waals surface area contributed by atoms with Crippen molar-refractivity contribution in [2.75, 3.05) is 0 Å². The smallest absolute Gasteiger partial charge is 0.165 e. The zero-order chi connectivity index (χ0) is 35.3. The lowest BCUT2D eigenvalue weighted by molar-refractivity contribution is 0.660. The zero-order valence-corrected chi connectivity index (χ0v) is 30.7. The summed E-state index contributed by atoms with van der Waals surface area (Å²) >= 11 is 3.62. The van der Waals surface area contributed by atoms with Crippen LogP contribution in [0.3, 0.4) is 0 Å². The van der Waals surface area contributed by atoms with Crippen LogP contribution in [0.2, 0.25) is 0 Å². The van der Waals surface area contributed by atoms with Gasteiger partial charge in [0.2, 0.25) is 0 Å². The first-order chi connectivity index (χ1) is 26.0. The maximum atomic E-state index is 5.26. The largest absolute Gasteiger partial charge is 0.208 e. The summed E-state index contributed by atoms with van der Waals surface area (Å²) < 4.78 is 4.94. The normalized spacial score (nSPS) is 13.2. The highest BCUT2D eigenvalue weighted by molar-refractivity contribution is 7.26. The van der Waals surface area contributed by atoms with E-state index in [2.05, 4.69) is 166 Å². The first-order valence-corrected chi connectivity index (χ1v) is 19.6. The number of thiophene rings is 2. The topological polar surface area (TPSA) is 38.7 Å². The van der Waals surface area contributed by atoms with Gasteiger partial charge < -0.3 is 0 Å². The van der Waals surface area contributed by atoms with Crippen molar-refractivity contribution in [1.82, 2.24) is 15.0 Å². The third-order valence-electron chi connectivity index (χ3n) is 11.0. The molecule has 0 amide bonds. The van der Waals surface area contributed by atoms with Crippen LogP contribution >= 0.6 is 22.7 Å². The lowest BCUT2D eigenvalue weighted by atomic mass is 9.82. The van der Waals surface area contributed by atoms with E-state index in [0.29, 0.717) is 17.5 Å². The fraction of sp³-hybridized carbons (Fsp3) is 0.0625. The van der Waals surface area contributed by atoms with Gasteiger partial charge in [-0.25, -0.2) is 15.0 Å². The summed E-state index contributed by atoms with van der Waals surface area (Å²) in [5, 5.41) is 5.00. The van der Waals surface area contributed by atoms with E-state index in [1.807, 2.05) is 11.3 Å². The molecule has 0 radical (unpaired) electrons. The number of fused-ring (bicyclic) bond motifs is 9. The highest BCUT2D eigenvalue weighted by Gasteiger charge is 2.35. The van der Waals surface area contributed by atoms with E-state index in [-0.39, 0.29) is 5.41 Å². The van der Waals surface area contributed by atoms with Crippen molar-refractivity contribution in [2.45, 2.75) is 19.3 Å². The lowest BCUT2D eigenvalue weighted by Gasteiger charge is -2.21. The highest BCUT2D eigenvalue weighted by Crippen LogP contribution is 2.49. The van der Waals surface area contributed by atoms with Crippen LogP contribution < -0.4 is 0 Å². The zero-order valence-electron chi connectivity index (χ0n) is 29.1. The van der Waals surface area contributed by atoms with Gasteiger partial charge in [0.05, 0.1) is 0 Å². The molecule has 7 aromatic carbocycles. The van der Waals surface area contributed by atoms with E-state index < -0.39 is 0 Å². The van der Waals surface area contributed by atoms with Gasteiger partial charge in [0.25, 0.3) is 0 Å². The van der Waals surface area contributed by atoms with Gasteiger partial charge in [0.1, 0.15) is 0 Å². The molecule has 3 aromatic heterocycles. The Bertz CT molecular complexity index is 3100. The van der Waals surface area contributed by atoms with Crippen molar-refractivity contribution in [3.05, 3.63) is 163 Å². The molecule has 3 nitrogen and oxygen atoms in total. The second kappa shape index (κ2) is 11.5. The van der Waals surface area contributed by atoms with Crippen LogP contribution in [0.1, 0.15) is 25.0 Å². The van der Waals surface area contributed by atoms with Gasteiger partial charge in [-0.05, 0) is 63.7 Å². The number of aromatic nitrogens is 3. The molecular weight excluding hydrogens is 683 g/mol. The molecule has 0 spiro atoms. The van der Waals surface area contributed by atoms with E-state index in [0.717, 1.165) is 16.7 Å². The Balaban J connectivity index is 1.10. The van der Waals surface area contributed by atoms with Crippen LogP contribution in [0, 0.1) is 0 Å². The number of rotatable bonds is 4. The van der Waals surface area contributed by atoms with Crippen LogP contribution in [-0.2, 0) is 5.41 Å². The van der Waals surface area contributed by atoms with Gasteiger partial charge >= 0.3 is 0 Å². The Morgan fingerprint density at radius 1 is 0.377 bits per heavy atom. The fourth-order valence-corrected chi connectivity index (χ4v) is 10.6. The highest BCUT2D eigenvalue weighted by atomic mass is 32.1. The average molecular weight is 714 g/mol. The number of hydrogen-bond acceptors (Lipinski definition) is 5. The molecule has 5 heteroatoms. The maximum Gasteiger partial charge on any atom is 0.165 e. The van der Waals surface area contributed by atoms with Crippen LogP contribution in [0.15, 0.2) is 152 Å². The minimum Gasteiger partial charge on any atom is -0.208 e.